The molecule has 2 aliphatic heterocycles. The van der Waals surface area contributed by atoms with Crippen molar-refractivity contribution < 1.29 is 10.2 Å². The molecule has 3 aliphatic rings. The van der Waals surface area contributed by atoms with Crippen LogP contribution in [0.5, 0.6) is 5.75 Å². The summed E-state index contributed by atoms with van der Waals surface area (Å²) >= 11 is 0. The number of hydrogen-bond donors (Lipinski definition) is 2. The highest BCUT2D eigenvalue weighted by molar-refractivity contribution is 5.39. The third kappa shape index (κ3) is 1.87. The number of phenols is 1. The van der Waals surface area contributed by atoms with E-state index >= 15 is 0 Å². The first-order valence-electron chi connectivity index (χ1n) is 7.99. The minimum Gasteiger partial charge on any atom is -0.508 e. The van der Waals surface area contributed by atoms with Crippen molar-refractivity contribution in [2.75, 3.05) is 6.54 Å². The molecule has 1 aromatic carbocycles. The van der Waals surface area contributed by atoms with Crippen molar-refractivity contribution in [1.82, 2.24) is 4.90 Å². The van der Waals surface area contributed by atoms with Gasteiger partial charge in [0.2, 0.25) is 0 Å². The van der Waals surface area contributed by atoms with Crippen LogP contribution in [-0.2, 0) is 6.42 Å². The summed E-state index contributed by atoms with van der Waals surface area (Å²) in [6.45, 7) is 1.11. The molecular formula is C17H23NO2. The van der Waals surface area contributed by atoms with Crippen LogP contribution in [-0.4, -0.2) is 33.8 Å². The van der Waals surface area contributed by atoms with Crippen molar-refractivity contribution in [2.24, 2.45) is 5.92 Å². The molecule has 0 aromatic heterocycles. The number of rotatable bonds is 0. The van der Waals surface area contributed by atoms with E-state index in [-0.39, 0.29) is 6.10 Å². The summed E-state index contributed by atoms with van der Waals surface area (Å²) in [6, 6.07) is 6.62. The summed E-state index contributed by atoms with van der Waals surface area (Å²) in [6.07, 6.45) is 6.71. The van der Waals surface area contributed by atoms with Crippen LogP contribution in [0.15, 0.2) is 18.2 Å². The minimum absolute atomic E-state index is 0.171. The molecule has 1 saturated heterocycles. The lowest BCUT2D eigenvalue weighted by Gasteiger charge is -2.53. The van der Waals surface area contributed by atoms with Crippen molar-refractivity contribution in [1.29, 1.82) is 0 Å². The van der Waals surface area contributed by atoms with Gasteiger partial charge in [-0.1, -0.05) is 18.9 Å². The number of phenolic OH excluding ortho intramolecular Hbond substituents is 1. The summed E-state index contributed by atoms with van der Waals surface area (Å²) in [4.78, 5) is 2.62. The molecule has 1 aliphatic carbocycles. The smallest absolute Gasteiger partial charge is 0.115 e. The highest BCUT2D eigenvalue weighted by atomic mass is 16.3. The number of hydrogen-bond acceptors (Lipinski definition) is 3. The summed E-state index contributed by atoms with van der Waals surface area (Å²) in [7, 11) is 0. The first-order chi connectivity index (χ1) is 9.74. The predicted molar refractivity (Wildman–Crippen MR) is 77.6 cm³/mol. The number of aromatic hydroxyl groups is 1. The number of aliphatic hydroxyl groups excluding tert-OH is 1. The predicted octanol–water partition coefficient (Wildman–Crippen LogP) is 2.61. The molecule has 0 spiro atoms. The van der Waals surface area contributed by atoms with Gasteiger partial charge in [0, 0.05) is 24.5 Å². The van der Waals surface area contributed by atoms with Gasteiger partial charge in [-0.3, -0.25) is 4.90 Å². The van der Waals surface area contributed by atoms with Gasteiger partial charge in [0.1, 0.15) is 5.75 Å². The second-order valence-electron chi connectivity index (χ2n) is 6.71. The van der Waals surface area contributed by atoms with Crippen LogP contribution in [0.2, 0.25) is 0 Å². The lowest BCUT2D eigenvalue weighted by atomic mass is 9.71. The second-order valence-corrected chi connectivity index (χ2v) is 6.71. The lowest BCUT2D eigenvalue weighted by molar-refractivity contribution is -0.0713. The van der Waals surface area contributed by atoms with Gasteiger partial charge in [0.05, 0.1) is 6.10 Å². The van der Waals surface area contributed by atoms with E-state index in [9.17, 15) is 10.2 Å². The van der Waals surface area contributed by atoms with Crippen LogP contribution >= 0.6 is 0 Å². The van der Waals surface area contributed by atoms with Crippen LogP contribution < -0.4 is 0 Å². The molecular weight excluding hydrogens is 250 g/mol. The van der Waals surface area contributed by atoms with Crippen molar-refractivity contribution >= 4 is 0 Å². The van der Waals surface area contributed by atoms with Gasteiger partial charge in [0.25, 0.3) is 0 Å². The summed E-state index contributed by atoms with van der Waals surface area (Å²) in [5, 5.41) is 20.3. The molecule has 3 heteroatoms. The Labute approximate surface area is 120 Å². The zero-order chi connectivity index (χ0) is 13.7. The van der Waals surface area contributed by atoms with Crippen LogP contribution in [0.1, 0.15) is 49.3 Å². The quantitative estimate of drug-likeness (QED) is 0.763. The Kier molecular flexibility index (Phi) is 3.00. The van der Waals surface area contributed by atoms with Gasteiger partial charge in [-0.2, -0.15) is 0 Å². The van der Waals surface area contributed by atoms with Gasteiger partial charge in [-0.15, -0.1) is 0 Å². The van der Waals surface area contributed by atoms with E-state index in [4.69, 9.17) is 0 Å². The maximum Gasteiger partial charge on any atom is 0.115 e. The van der Waals surface area contributed by atoms with E-state index in [1.807, 2.05) is 6.07 Å². The zero-order valence-electron chi connectivity index (χ0n) is 11.8. The monoisotopic (exact) mass is 273 g/mol. The zero-order valence-corrected chi connectivity index (χ0v) is 11.8. The average molecular weight is 273 g/mol. The molecule has 0 radical (unpaired) electrons. The maximum absolute atomic E-state index is 10.5. The van der Waals surface area contributed by atoms with E-state index in [0.29, 0.717) is 23.8 Å². The largest absolute Gasteiger partial charge is 0.508 e. The molecule has 0 bridgehead atoms. The number of fused-ring (bicyclic) bond motifs is 5. The molecule has 4 unspecified atom stereocenters. The molecule has 4 atom stereocenters. The Morgan fingerprint density at radius 3 is 2.90 bits per heavy atom. The molecule has 20 heavy (non-hydrogen) atoms. The molecule has 3 nitrogen and oxygen atoms in total. The Balaban J connectivity index is 1.71. The maximum atomic E-state index is 10.5. The summed E-state index contributed by atoms with van der Waals surface area (Å²) in [5.74, 6) is 0.824. The van der Waals surface area contributed by atoms with Gasteiger partial charge in [-0.25, -0.2) is 0 Å². The van der Waals surface area contributed by atoms with Crippen molar-refractivity contribution in [3.63, 3.8) is 0 Å². The van der Waals surface area contributed by atoms with Crippen molar-refractivity contribution in [3.05, 3.63) is 29.3 Å². The third-order valence-corrected chi connectivity index (χ3v) is 5.69. The molecule has 0 amide bonds. The van der Waals surface area contributed by atoms with Crippen LogP contribution in [0.25, 0.3) is 0 Å². The first kappa shape index (κ1) is 12.7. The highest BCUT2D eigenvalue weighted by Crippen LogP contribution is 2.46. The van der Waals surface area contributed by atoms with Gasteiger partial charge in [0.15, 0.2) is 0 Å². The Morgan fingerprint density at radius 2 is 2.00 bits per heavy atom. The van der Waals surface area contributed by atoms with E-state index in [1.54, 1.807) is 6.07 Å². The summed E-state index contributed by atoms with van der Waals surface area (Å²) in [5.41, 5.74) is 2.60. The van der Waals surface area contributed by atoms with Gasteiger partial charge in [-0.05, 0) is 48.9 Å². The number of benzene rings is 1. The fourth-order valence-corrected chi connectivity index (χ4v) is 4.77. The Bertz CT molecular complexity index is 516. The molecule has 2 N–H and O–H groups in total. The fraction of sp³-hybridized carbons (Fsp3) is 0.647. The van der Waals surface area contributed by atoms with Crippen molar-refractivity contribution in [2.45, 2.75) is 56.7 Å². The average Bonchev–Trinajstić information content (AvgIpc) is 2.47. The molecule has 1 aromatic rings. The fourth-order valence-electron chi connectivity index (χ4n) is 4.77. The molecule has 1 saturated carbocycles. The third-order valence-electron chi connectivity index (χ3n) is 5.69. The second kappa shape index (κ2) is 4.74. The van der Waals surface area contributed by atoms with Crippen LogP contribution in [0.4, 0.5) is 0 Å². The van der Waals surface area contributed by atoms with Crippen LogP contribution in [0, 0.1) is 5.92 Å². The van der Waals surface area contributed by atoms with E-state index < -0.39 is 0 Å². The minimum atomic E-state index is -0.171. The lowest BCUT2D eigenvalue weighted by Crippen LogP contribution is -2.55. The molecule has 108 valence electrons. The first-order valence-corrected chi connectivity index (χ1v) is 7.99. The van der Waals surface area contributed by atoms with Crippen LogP contribution in [0.3, 0.4) is 0 Å². The molecule has 4 rings (SSSR count). The van der Waals surface area contributed by atoms with Gasteiger partial charge < -0.3 is 10.2 Å². The number of aliphatic hydroxyl groups is 1. The van der Waals surface area contributed by atoms with E-state index in [0.717, 1.165) is 19.4 Å². The Morgan fingerprint density at radius 1 is 1.15 bits per heavy atom. The van der Waals surface area contributed by atoms with Crippen molar-refractivity contribution in [3.8, 4) is 5.75 Å². The highest BCUT2D eigenvalue weighted by Gasteiger charge is 2.45. The van der Waals surface area contributed by atoms with E-state index in [1.165, 1.54) is 36.8 Å². The topological polar surface area (TPSA) is 43.7 Å². The standard InChI is InChI=1S/C17H23NO2/c19-12-6-5-11-7-8-18-15-4-2-1-3-13(15)17(20)10-16(18)14(11)9-12/h5-6,9,13,15-17,19-20H,1-4,7-8,10H2. The number of piperidine rings is 1. The SMILES string of the molecule is Oc1ccc2c(c1)C1CC(O)C3CCCCC3N1CC2. The summed E-state index contributed by atoms with van der Waals surface area (Å²) < 4.78 is 0. The Hall–Kier alpha value is -1.06. The normalized spacial score (nSPS) is 36.9. The number of nitrogens with zero attached hydrogens (tertiary/aromatic N) is 1. The molecule has 2 fully saturated rings. The molecule has 2 heterocycles. The van der Waals surface area contributed by atoms with E-state index in [2.05, 4.69) is 11.0 Å². The van der Waals surface area contributed by atoms with Gasteiger partial charge >= 0.3 is 0 Å².